The van der Waals surface area contributed by atoms with Gasteiger partial charge < -0.3 is 10.5 Å². The van der Waals surface area contributed by atoms with Gasteiger partial charge in [0.1, 0.15) is 0 Å². The van der Waals surface area contributed by atoms with Gasteiger partial charge in [-0.1, -0.05) is 26.1 Å². The highest BCUT2D eigenvalue weighted by Gasteiger charge is 2.06. The molecule has 60 valence electrons. The molecular weight excluding hydrogens is 146 g/mol. The molecule has 2 N–H and O–H groups in total. The summed E-state index contributed by atoms with van der Waals surface area (Å²) in [5, 5.41) is 0. The second-order valence-corrected chi connectivity index (χ2v) is 3.25. The monoisotopic (exact) mass is 161 g/mol. The SMILES string of the molecule is CC(C)C(C)OCC(N)=S. The molecule has 0 aliphatic carbocycles. The molecule has 0 spiro atoms. The van der Waals surface area contributed by atoms with E-state index in [-0.39, 0.29) is 6.10 Å². The molecule has 0 aromatic heterocycles. The zero-order chi connectivity index (χ0) is 8.15. The molecule has 0 aromatic rings. The highest BCUT2D eigenvalue weighted by molar-refractivity contribution is 7.80. The van der Waals surface area contributed by atoms with Crippen molar-refractivity contribution in [3.8, 4) is 0 Å². The van der Waals surface area contributed by atoms with Crippen molar-refractivity contribution in [2.45, 2.75) is 26.9 Å². The summed E-state index contributed by atoms with van der Waals surface area (Å²) in [5.41, 5.74) is 5.25. The highest BCUT2D eigenvalue weighted by atomic mass is 32.1. The second kappa shape index (κ2) is 4.63. The summed E-state index contributed by atoms with van der Waals surface area (Å²) in [7, 11) is 0. The van der Waals surface area contributed by atoms with E-state index >= 15 is 0 Å². The molecule has 0 rings (SSSR count). The van der Waals surface area contributed by atoms with Crippen LogP contribution in [0.5, 0.6) is 0 Å². The molecular formula is C7H15NOS. The van der Waals surface area contributed by atoms with Crippen LogP contribution in [-0.2, 0) is 4.74 Å². The number of hydrogen-bond acceptors (Lipinski definition) is 2. The van der Waals surface area contributed by atoms with Crippen LogP contribution in [0.3, 0.4) is 0 Å². The van der Waals surface area contributed by atoms with Gasteiger partial charge in [0.25, 0.3) is 0 Å². The van der Waals surface area contributed by atoms with Crippen LogP contribution < -0.4 is 5.73 Å². The van der Waals surface area contributed by atoms with E-state index in [1.165, 1.54) is 0 Å². The first kappa shape index (κ1) is 9.85. The van der Waals surface area contributed by atoms with Gasteiger partial charge in [-0.3, -0.25) is 0 Å². The topological polar surface area (TPSA) is 35.2 Å². The van der Waals surface area contributed by atoms with E-state index in [4.69, 9.17) is 10.5 Å². The molecule has 0 aromatic carbocycles. The summed E-state index contributed by atoms with van der Waals surface area (Å²) < 4.78 is 5.30. The predicted molar refractivity (Wildman–Crippen MR) is 47.0 cm³/mol. The van der Waals surface area contributed by atoms with Crippen molar-refractivity contribution in [1.82, 2.24) is 0 Å². The van der Waals surface area contributed by atoms with Gasteiger partial charge in [-0.25, -0.2) is 0 Å². The summed E-state index contributed by atoms with van der Waals surface area (Å²) in [6, 6.07) is 0. The molecule has 3 heteroatoms. The van der Waals surface area contributed by atoms with Crippen molar-refractivity contribution >= 4 is 17.2 Å². The van der Waals surface area contributed by atoms with Crippen LogP contribution in [0.25, 0.3) is 0 Å². The van der Waals surface area contributed by atoms with Crippen molar-refractivity contribution in [1.29, 1.82) is 0 Å². The largest absolute Gasteiger partial charge is 0.391 e. The maximum atomic E-state index is 5.30. The lowest BCUT2D eigenvalue weighted by molar-refractivity contribution is 0.0618. The van der Waals surface area contributed by atoms with E-state index in [0.717, 1.165) is 0 Å². The Morgan fingerprint density at radius 3 is 2.30 bits per heavy atom. The average Bonchev–Trinajstić information content (AvgIpc) is 1.82. The molecule has 0 heterocycles. The summed E-state index contributed by atoms with van der Waals surface area (Å²) in [6.45, 7) is 6.62. The van der Waals surface area contributed by atoms with Gasteiger partial charge in [-0.2, -0.15) is 0 Å². The maximum Gasteiger partial charge on any atom is 0.0989 e. The molecule has 0 amide bonds. The van der Waals surface area contributed by atoms with Crippen LogP contribution in [0.1, 0.15) is 20.8 Å². The zero-order valence-corrected chi connectivity index (χ0v) is 7.57. The highest BCUT2D eigenvalue weighted by Crippen LogP contribution is 2.04. The Morgan fingerprint density at radius 1 is 1.50 bits per heavy atom. The fourth-order valence-corrected chi connectivity index (χ4v) is 0.474. The van der Waals surface area contributed by atoms with E-state index in [1.54, 1.807) is 0 Å². The molecule has 0 fully saturated rings. The Morgan fingerprint density at radius 2 is 2.00 bits per heavy atom. The van der Waals surface area contributed by atoms with Crippen molar-refractivity contribution in [2.24, 2.45) is 11.7 Å². The molecule has 0 radical (unpaired) electrons. The summed E-state index contributed by atoms with van der Waals surface area (Å²) >= 11 is 4.65. The minimum Gasteiger partial charge on any atom is -0.391 e. The van der Waals surface area contributed by atoms with Crippen molar-refractivity contribution in [3.63, 3.8) is 0 Å². The van der Waals surface area contributed by atoms with Crippen LogP contribution in [-0.4, -0.2) is 17.7 Å². The minimum atomic E-state index is 0.237. The van der Waals surface area contributed by atoms with Gasteiger partial charge in [0.05, 0.1) is 17.7 Å². The first-order valence-corrected chi connectivity index (χ1v) is 3.84. The Kier molecular flexibility index (Phi) is 4.56. The van der Waals surface area contributed by atoms with E-state index < -0.39 is 0 Å². The number of thiocarbonyl (C=S) groups is 1. The van der Waals surface area contributed by atoms with Gasteiger partial charge in [0.15, 0.2) is 0 Å². The van der Waals surface area contributed by atoms with Gasteiger partial charge in [0, 0.05) is 0 Å². The van der Waals surface area contributed by atoms with Crippen molar-refractivity contribution < 1.29 is 4.74 Å². The van der Waals surface area contributed by atoms with E-state index in [2.05, 4.69) is 26.1 Å². The molecule has 10 heavy (non-hydrogen) atoms. The Labute approximate surface area is 67.7 Å². The molecule has 0 saturated carbocycles. The number of hydrogen-bond donors (Lipinski definition) is 1. The third-order valence-electron chi connectivity index (χ3n) is 1.43. The van der Waals surface area contributed by atoms with Gasteiger partial charge in [0.2, 0.25) is 0 Å². The Balaban J connectivity index is 3.39. The van der Waals surface area contributed by atoms with Crippen LogP contribution in [0, 0.1) is 5.92 Å². The lowest BCUT2D eigenvalue weighted by atomic mass is 10.1. The van der Waals surface area contributed by atoms with Gasteiger partial charge >= 0.3 is 0 Å². The van der Waals surface area contributed by atoms with Gasteiger partial charge in [-0.05, 0) is 12.8 Å². The minimum absolute atomic E-state index is 0.237. The average molecular weight is 161 g/mol. The molecule has 1 atom stereocenters. The van der Waals surface area contributed by atoms with E-state index in [0.29, 0.717) is 17.5 Å². The number of ether oxygens (including phenoxy) is 1. The van der Waals surface area contributed by atoms with Crippen molar-refractivity contribution in [3.05, 3.63) is 0 Å². The van der Waals surface area contributed by atoms with E-state index in [1.807, 2.05) is 6.92 Å². The maximum absolute atomic E-state index is 5.30. The van der Waals surface area contributed by atoms with Crippen LogP contribution >= 0.6 is 12.2 Å². The fourth-order valence-electron chi connectivity index (χ4n) is 0.406. The normalized spacial score (nSPS) is 13.6. The lowest BCUT2D eigenvalue weighted by Crippen LogP contribution is -2.23. The summed E-state index contributed by atoms with van der Waals surface area (Å²) in [5.74, 6) is 0.523. The third-order valence-corrected chi connectivity index (χ3v) is 1.55. The smallest absolute Gasteiger partial charge is 0.0989 e. The summed E-state index contributed by atoms with van der Waals surface area (Å²) in [6.07, 6.45) is 0.237. The Hall–Kier alpha value is -0.150. The first-order chi connectivity index (χ1) is 4.54. The molecule has 0 aliphatic heterocycles. The molecule has 0 bridgehead atoms. The Bertz CT molecular complexity index is 114. The lowest BCUT2D eigenvalue weighted by Gasteiger charge is -2.15. The van der Waals surface area contributed by atoms with Crippen LogP contribution in [0.2, 0.25) is 0 Å². The quantitative estimate of drug-likeness (QED) is 0.632. The van der Waals surface area contributed by atoms with Gasteiger partial charge in [-0.15, -0.1) is 0 Å². The predicted octanol–water partition coefficient (Wildman–Crippen LogP) is 1.33. The fraction of sp³-hybridized carbons (Fsp3) is 0.857. The molecule has 0 saturated heterocycles. The van der Waals surface area contributed by atoms with Crippen molar-refractivity contribution in [2.75, 3.05) is 6.61 Å². The molecule has 0 aliphatic rings. The van der Waals surface area contributed by atoms with Crippen LogP contribution in [0.15, 0.2) is 0 Å². The third kappa shape index (κ3) is 4.70. The molecule has 1 unspecified atom stereocenters. The second-order valence-electron chi connectivity index (χ2n) is 2.73. The number of rotatable bonds is 4. The molecule has 2 nitrogen and oxygen atoms in total. The number of nitrogens with two attached hydrogens (primary N) is 1. The first-order valence-electron chi connectivity index (χ1n) is 3.44. The summed E-state index contributed by atoms with van der Waals surface area (Å²) in [4.78, 5) is 0.424. The van der Waals surface area contributed by atoms with E-state index in [9.17, 15) is 0 Å². The zero-order valence-electron chi connectivity index (χ0n) is 6.76. The van der Waals surface area contributed by atoms with Crippen LogP contribution in [0.4, 0.5) is 0 Å². The standard InChI is InChI=1S/C7H15NOS/c1-5(2)6(3)9-4-7(8)10/h5-6H,4H2,1-3H3,(H2,8,10).